The minimum atomic E-state index is 0.0549. The number of nitrogens with zero attached hydrogens (tertiary/aromatic N) is 1. The van der Waals surface area contributed by atoms with Gasteiger partial charge in [0, 0.05) is 13.1 Å². The van der Waals surface area contributed by atoms with Crippen LogP contribution in [0.5, 0.6) is 0 Å². The summed E-state index contributed by atoms with van der Waals surface area (Å²) in [6.45, 7) is 3.98. The summed E-state index contributed by atoms with van der Waals surface area (Å²) >= 11 is 0. The Morgan fingerprint density at radius 1 is 1.25 bits per heavy atom. The van der Waals surface area contributed by atoms with E-state index in [0.29, 0.717) is 5.91 Å². The molecule has 1 aromatic carbocycles. The number of hydrogen-bond acceptors (Lipinski definition) is 1. The molecule has 1 aliphatic heterocycles. The third kappa shape index (κ3) is 2.26. The van der Waals surface area contributed by atoms with Gasteiger partial charge in [0.1, 0.15) is 0 Å². The Labute approximate surface area is 97.3 Å². The quantitative estimate of drug-likeness (QED) is 0.762. The van der Waals surface area contributed by atoms with Gasteiger partial charge in [-0.1, -0.05) is 37.3 Å². The van der Waals surface area contributed by atoms with Crippen LogP contribution in [-0.2, 0) is 4.79 Å². The van der Waals surface area contributed by atoms with Crippen molar-refractivity contribution in [3.8, 4) is 0 Å². The van der Waals surface area contributed by atoms with Crippen molar-refractivity contribution in [1.29, 1.82) is 0 Å². The molecule has 0 aromatic heterocycles. The van der Waals surface area contributed by atoms with Crippen molar-refractivity contribution in [3.63, 3.8) is 0 Å². The maximum absolute atomic E-state index is 12.3. The summed E-state index contributed by atoms with van der Waals surface area (Å²) in [6.07, 6.45) is 3.22. The second-order valence-electron chi connectivity index (χ2n) is 4.40. The second-order valence-corrected chi connectivity index (χ2v) is 4.40. The van der Waals surface area contributed by atoms with E-state index in [2.05, 4.69) is 19.1 Å². The van der Waals surface area contributed by atoms with E-state index in [1.807, 2.05) is 23.1 Å². The molecule has 1 unspecified atom stereocenters. The predicted octanol–water partition coefficient (Wildman–Crippen LogP) is 2.80. The van der Waals surface area contributed by atoms with Gasteiger partial charge in [-0.25, -0.2) is 0 Å². The van der Waals surface area contributed by atoms with Gasteiger partial charge in [-0.15, -0.1) is 0 Å². The minimum Gasteiger partial charge on any atom is -0.342 e. The lowest BCUT2D eigenvalue weighted by atomic mass is 9.95. The van der Waals surface area contributed by atoms with E-state index < -0.39 is 0 Å². The number of benzene rings is 1. The molecule has 1 atom stereocenters. The lowest BCUT2D eigenvalue weighted by molar-refractivity contribution is -0.131. The maximum atomic E-state index is 12.3. The standard InChI is InChI=1S/C14H19NO/c1-2-13(12-8-4-3-5-9-12)14(16)15-10-6-7-11-15/h3-5,8-9,13H,2,6-7,10-11H2,1H3. The summed E-state index contributed by atoms with van der Waals surface area (Å²) in [5.41, 5.74) is 1.15. The van der Waals surface area contributed by atoms with Crippen molar-refractivity contribution < 1.29 is 4.79 Å². The molecule has 86 valence electrons. The van der Waals surface area contributed by atoms with Gasteiger partial charge in [0.05, 0.1) is 5.92 Å². The Morgan fingerprint density at radius 2 is 1.88 bits per heavy atom. The van der Waals surface area contributed by atoms with Gasteiger partial charge in [0.2, 0.25) is 5.91 Å². The van der Waals surface area contributed by atoms with E-state index in [9.17, 15) is 4.79 Å². The third-order valence-electron chi connectivity index (χ3n) is 3.33. The second kappa shape index (κ2) is 5.15. The molecule has 1 amide bonds. The Bertz CT molecular complexity index is 341. The fourth-order valence-electron chi connectivity index (χ4n) is 2.40. The predicted molar refractivity (Wildman–Crippen MR) is 65.3 cm³/mol. The molecule has 2 heteroatoms. The summed E-state index contributed by atoms with van der Waals surface area (Å²) < 4.78 is 0. The van der Waals surface area contributed by atoms with Gasteiger partial charge in [-0.3, -0.25) is 4.79 Å². The average Bonchev–Trinajstić information content (AvgIpc) is 2.85. The van der Waals surface area contributed by atoms with Crippen molar-refractivity contribution in [1.82, 2.24) is 4.90 Å². The van der Waals surface area contributed by atoms with Crippen molar-refractivity contribution in [2.45, 2.75) is 32.1 Å². The molecule has 1 aliphatic rings. The van der Waals surface area contributed by atoms with Crippen LogP contribution in [0.15, 0.2) is 30.3 Å². The van der Waals surface area contributed by atoms with Crippen molar-refractivity contribution in [3.05, 3.63) is 35.9 Å². The van der Waals surface area contributed by atoms with E-state index in [1.54, 1.807) is 0 Å². The summed E-state index contributed by atoms with van der Waals surface area (Å²) in [4.78, 5) is 14.3. The highest BCUT2D eigenvalue weighted by Crippen LogP contribution is 2.23. The van der Waals surface area contributed by atoms with Crippen LogP contribution < -0.4 is 0 Å². The van der Waals surface area contributed by atoms with Crippen LogP contribution >= 0.6 is 0 Å². The molecule has 1 saturated heterocycles. The van der Waals surface area contributed by atoms with Gasteiger partial charge < -0.3 is 4.90 Å². The molecule has 1 heterocycles. The molecule has 0 radical (unpaired) electrons. The zero-order valence-corrected chi connectivity index (χ0v) is 9.86. The summed E-state index contributed by atoms with van der Waals surface area (Å²) in [6, 6.07) is 10.1. The van der Waals surface area contributed by atoms with Crippen LogP contribution in [0.1, 0.15) is 37.7 Å². The van der Waals surface area contributed by atoms with Crippen molar-refractivity contribution in [2.24, 2.45) is 0 Å². The lowest BCUT2D eigenvalue weighted by Crippen LogP contribution is -2.32. The fourth-order valence-corrected chi connectivity index (χ4v) is 2.40. The molecule has 0 N–H and O–H groups in total. The summed E-state index contributed by atoms with van der Waals surface area (Å²) in [7, 11) is 0. The van der Waals surface area contributed by atoms with Crippen LogP contribution in [0.2, 0.25) is 0 Å². The van der Waals surface area contributed by atoms with Crippen LogP contribution in [0.4, 0.5) is 0 Å². The Kier molecular flexibility index (Phi) is 3.60. The topological polar surface area (TPSA) is 20.3 Å². The van der Waals surface area contributed by atoms with E-state index in [0.717, 1.165) is 37.9 Å². The normalized spacial score (nSPS) is 17.4. The first kappa shape index (κ1) is 11.2. The highest BCUT2D eigenvalue weighted by molar-refractivity contribution is 5.83. The number of amides is 1. The molecule has 0 spiro atoms. The molecule has 2 rings (SSSR count). The van der Waals surface area contributed by atoms with E-state index in [1.165, 1.54) is 0 Å². The fraction of sp³-hybridized carbons (Fsp3) is 0.500. The largest absolute Gasteiger partial charge is 0.342 e. The highest BCUT2D eigenvalue weighted by atomic mass is 16.2. The Morgan fingerprint density at radius 3 is 2.44 bits per heavy atom. The summed E-state index contributed by atoms with van der Waals surface area (Å²) in [5.74, 6) is 0.366. The molecule has 16 heavy (non-hydrogen) atoms. The molecular weight excluding hydrogens is 198 g/mol. The van der Waals surface area contributed by atoms with Gasteiger partial charge in [-0.05, 0) is 24.8 Å². The number of rotatable bonds is 3. The molecule has 0 saturated carbocycles. The lowest BCUT2D eigenvalue weighted by Gasteiger charge is -2.22. The molecule has 2 nitrogen and oxygen atoms in total. The Balaban J connectivity index is 2.13. The van der Waals surface area contributed by atoms with Crippen LogP contribution in [0.25, 0.3) is 0 Å². The smallest absolute Gasteiger partial charge is 0.230 e. The monoisotopic (exact) mass is 217 g/mol. The number of likely N-dealkylation sites (tertiary alicyclic amines) is 1. The zero-order chi connectivity index (χ0) is 11.4. The molecular formula is C14H19NO. The van der Waals surface area contributed by atoms with Gasteiger partial charge in [-0.2, -0.15) is 0 Å². The van der Waals surface area contributed by atoms with Gasteiger partial charge in [0.15, 0.2) is 0 Å². The molecule has 1 fully saturated rings. The van der Waals surface area contributed by atoms with Crippen LogP contribution in [0, 0.1) is 0 Å². The molecule has 1 aromatic rings. The third-order valence-corrected chi connectivity index (χ3v) is 3.33. The number of carbonyl (C=O) groups excluding carboxylic acids is 1. The van der Waals surface area contributed by atoms with Crippen molar-refractivity contribution >= 4 is 5.91 Å². The number of carbonyl (C=O) groups is 1. The zero-order valence-electron chi connectivity index (χ0n) is 9.86. The first-order chi connectivity index (χ1) is 7.83. The first-order valence-electron chi connectivity index (χ1n) is 6.16. The van der Waals surface area contributed by atoms with Crippen LogP contribution in [0.3, 0.4) is 0 Å². The van der Waals surface area contributed by atoms with Crippen LogP contribution in [-0.4, -0.2) is 23.9 Å². The van der Waals surface area contributed by atoms with Crippen molar-refractivity contribution in [2.75, 3.05) is 13.1 Å². The molecule has 0 bridgehead atoms. The Hall–Kier alpha value is -1.31. The summed E-state index contributed by atoms with van der Waals surface area (Å²) in [5, 5.41) is 0. The maximum Gasteiger partial charge on any atom is 0.230 e. The van der Waals surface area contributed by atoms with Gasteiger partial charge >= 0.3 is 0 Å². The van der Waals surface area contributed by atoms with E-state index >= 15 is 0 Å². The average molecular weight is 217 g/mol. The molecule has 0 aliphatic carbocycles. The number of hydrogen-bond donors (Lipinski definition) is 0. The SMILES string of the molecule is CCC(C(=O)N1CCCC1)c1ccccc1. The first-order valence-corrected chi connectivity index (χ1v) is 6.16. The van der Waals surface area contributed by atoms with E-state index in [-0.39, 0.29) is 5.92 Å². The minimum absolute atomic E-state index is 0.0549. The van der Waals surface area contributed by atoms with E-state index in [4.69, 9.17) is 0 Å². The highest BCUT2D eigenvalue weighted by Gasteiger charge is 2.25. The van der Waals surface area contributed by atoms with Gasteiger partial charge in [0.25, 0.3) is 0 Å².